The lowest BCUT2D eigenvalue weighted by molar-refractivity contribution is -0.510. The molecule has 1 unspecified atom stereocenters. The summed E-state index contributed by atoms with van der Waals surface area (Å²) in [5, 5.41) is 10.9. The number of nitrogens with zero attached hydrogens (tertiary/aromatic N) is 1. The first-order chi connectivity index (χ1) is 8.29. The Morgan fingerprint density at radius 2 is 1.89 bits per heavy atom. The molecular formula is C13H17NO4. The zero-order valence-electron chi connectivity index (χ0n) is 10.8. The maximum atomic E-state index is 11.7. The van der Waals surface area contributed by atoms with Crippen LogP contribution in [0.2, 0.25) is 0 Å². The van der Waals surface area contributed by atoms with Crippen LogP contribution in [0.1, 0.15) is 26.3 Å². The normalized spacial score (nSPS) is 12.8. The monoisotopic (exact) mass is 251 g/mol. The Bertz CT molecular complexity index is 422. The number of nitro groups is 1. The van der Waals surface area contributed by atoms with Crippen molar-refractivity contribution in [1.29, 1.82) is 0 Å². The van der Waals surface area contributed by atoms with Gasteiger partial charge in [0, 0.05) is 4.92 Å². The Hall–Kier alpha value is -1.91. The molecule has 5 heteroatoms. The van der Waals surface area contributed by atoms with E-state index in [9.17, 15) is 14.9 Å². The third kappa shape index (κ3) is 4.53. The van der Waals surface area contributed by atoms with Gasteiger partial charge >= 0.3 is 12.0 Å². The molecule has 0 radical (unpaired) electrons. The Kier molecular flexibility index (Phi) is 4.42. The first kappa shape index (κ1) is 14.2. The van der Waals surface area contributed by atoms with E-state index in [1.807, 2.05) is 6.07 Å². The van der Waals surface area contributed by atoms with Gasteiger partial charge in [-0.05, 0) is 26.3 Å². The number of ether oxygens (including phenoxy) is 1. The van der Waals surface area contributed by atoms with Crippen molar-refractivity contribution < 1.29 is 14.5 Å². The van der Waals surface area contributed by atoms with Gasteiger partial charge in [-0.1, -0.05) is 30.3 Å². The highest BCUT2D eigenvalue weighted by Crippen LogP contribution is 2.13. The minimum Gasteiger partial charge on any atom is -0.455 e. The summed E-state index contributed by atoms with van der Waals surface area (Å²) in [6.07, 6.45) is 0.0444. The first-order valence-corrected chi connectivity index (χ1v) is 5.70. The quantitative estimate of drug-likeness (QED) is 0.467. The summed E-state index contributed by atoms with van der Waals surface area (Å²) in [5.74, 6) is -0.795. The first-order valence-electron chi connectivity index (χ1n) is 5.70. The molecule has 0 heterocycles. The third-order valence-electron chi connectivity index (χ3n) is 2.21. The van der Waals surface area contributed by atoms with E-state index in [-0.39, 0.29) is 6.42 Å². The molecule has 18 heavy (non-hydrogen) atoms. The van der Waals surface area contributed by atoms with Crippen molar-refractivity contribution in [3.63, 3.8) is 0 Å². The van der Waals surface area contributed by atoms with Crippen LogP contribution in [0.4, 0.5) is 0 Å². The summed E-state index contributed by atoms with van der Waals surface area (Å²) in [6.45, 7) is 5.05. The van der Waals surface area contributed by atoms with Gasteiger partial charge in [-0.3, -0.25) is 10.1 Å². The molecule has 1 aromatic carbocycles. The van der Waals surface area contributed by atoms with Crippen molar-refractivity contribution in [3.05, 3.63) is 46.0 Å². The Morgan fingerprint density at radius 1 is 1.33 bits per heavy atom. The molecule has 98 valence electrons. The molecule has 0 saturated carbocycles. The molecule has 0 spiro atoms. The van der Waals surface area contributed by atoms with Crippen LogP contribution in [0.5, 0.6) is 0 Å². The molecule has 0 aliphatic heterocycles. The summed E-state index contributed by atoms with van der Waals surface area (Å²) < 4.78 is 5.05. The zero-order chi connectivity index (χ0) is 13.8. The molecule has 0 bridgehead atoms. The highest BCUT2D eigenvalue weighted by molar-refractivity contribution is 5.75. The average molecular weight is 251 g/mol. The maximum Gasteiger partial charge on any atom is 0.382 e. The van der Waals surface area contributed by atoms with Crippen LogP contribution < -0.4 is 0 Å². The minimum atomic E-state index is -1.35. The molecule has 0 aromatic heterocycles. The largest absolute Gasteiger partial charge is 0.455 e. The van der Waals surface area contributed by atoms with Crippen molar-refractivity contribution >= 4 is 5.97 Å². The molecule has 0 N–H and O–H groups in total. The van der Waals surface area contributed by atoms with Crippen molar-refractivity contribution in [2.75, 3.05) is 0 Å². The van der Waals surface area contributed by atoms with E-state index in [4.69, 9.17) is 4.74 Å². The second-order valence-electron chi connectivity index (χ2n) is 5.02. The fourth-order valence-electron chi connectivity index (χ4n) is 1.45. The summed E-state index contributed by atoms with van der Waals surface area (Å²) in [4.78, 5) is 22.1. The van der Waals surface area contributed by atoms with E-state index in [2.05, 4.69) is 0 Å². The predicted molar refractivity (Wildman–Crippen MR) is 66.8 cm³/mol. The summed E-state index contributed by atoms with van der Waals surface area (Å²) in [7, 11) is 0. The maximum absolute atomic E-state index is 11.7. The van der Waals surface area contributed by atoms with Gasteiger partial charge in [-0.15, -0.1) is 0 Å². The Morgan fingerprint density at radius 3 is 2.33 bits per heavy atom. The Balaban J connectivity index is 2.78. The van der Waals surface area contributed by atoms with Crippen LogP contribution in [-0.4, -0.2) is 22.5 Å². The summed E-state index contributed by atoms with van der Waals surface area (Å²) >= 11 is 0. The third-order valence-corrected chi connectivity index (χ3v) is 2.21. The van der Waals surface area contributed by atoms with Crippen LogP contribution in [0.15, 0.2) is 30.3 Å². The Labute approximate surface area is 106 Å². The molecule has 0 amide bonds. The van der Waals surface area contributed by atoms with Gasteiger partial charge in [0.1, 0.15) is 5.60 Å². The molecule has 0 fully saturated rings. The van der Waals surface area contributed by atoms with Gasteiger partial charge in [0.05, 0.1) is 6.42 Å². The molecule has 0 aliphatic carbocycles. The van der Waals surface area contributed by atoms with Gasteiger partial charge in [-0.25, -0.2) is 4.79 Å². The lowest BCUT2D eigenvalue weighted by Crippen LogP contribution is -2.38. The van der Waals surface area contributed by atoms with E-state index < -0.39 is 22.5 Å². The molecular weight excluding hydrogens is 234 g/mol. The number of hydrogen-bond acceptors (Lipinski definition) is 4. The van der Waals surface area contributed by atoms with Crippen LogP contribution in [-0.2, 0) is 16.0 Å². The molecule has 1 rings (SSSR count). The smallest absolute Gasteiger partial charge is 0.382 e. The lowest BCUT2D eigenvalue weighted by Gasteiger charge is -2.20. The molecule has 1 aromatic rings. The van der Waals surface area contributed by atoms with Crippen molar-refractivity contribution in [3.8, 4) is 0 Å². The van der Waals surface area contributed by atoms with E-state index in [0.717, 1.165) is 5.56 Å². The fourth-order valence-corrected chi connectivity index (χ4v) is 1.45. The molecule has 1 atom stereocenters. The van der Waals surface area contributed by atoms with Gasteiger partial charge in [0.25, 0.3) is 0 Å². The van der Waals surface area contributed by atoms with Gasteiger partial charge < -0.3 is 4.74 Å². The SMILES string of the molecule is CC(C)(C)OC(=O)C(Cc1ccccc1)[N+](=O)[O-]. The number of rotatable bonds is 4. The summed E-state index contributed by atoms with van der Waals surface area (Å²) in [5.41, 5.74) is 0.0206. The van der Waals surface area contributed by atoms with Crippen molar-refractivity contribution in [2.24, 2.45) is 0 Å². The number of esters is 1. The number of carbonyl (C=O) groups is 1. The lowest BCUT2D eigenvalue weighted by atomic mass is 10.1. The molecule has 5 nitrogen and oxygen atoms in total. The highest BCUT2D eigenvalue weighted by Gasteiger charge is 2.34. The van der Waals surface area contributed by atoms with Crippen LogP contribution in [0, 0.1) is 10.1 Å². The van der Waals surface area contributed by atoms with E-state index in [0.29, 0.717) is 0 Å². The van der Waals surface area contributed by atoms with Gasteiger partial charge in [-0.2, -0.15) is 0 Å². The number of carbonyl (C=O) groups excluding carboxylic acids is 1. The van der Waals surface area contributed by atoms with Crippen LogP contribution in [0.25, 0.3) is 0 Å². The fraction of sp³-hybridized carbons (Fsp3) is 0.462. The molecule has 0 saturated heterocycles. The topological polar surface area (TPSA) is 69.4 Å². The second-order valence-corrected chi connectivity index (χ2v) is 5.02. The van der Waals surface area contributed by atoms with Gasteiger partial charge in [0.2, 0.25) is 0 Å². The zero-order valence-corrected chi connectivity index (χ0v) is 10.8. The highest BCUT2D eigenvalue weighted by atomic mass is 16.6. The van der Waals surface area contributed by atoms with E-state index in [1.54, 1.807) is 45.0 Å². The van der Waals surface area contributed by atoms with E-state index >= 15 is 0 Å². The van der Waals surface area contributed by atoms with Crippen LogP contribution in [0.3, 0.4) is 0 Å². The number of hydrogen-bond donors (Lipinski definition) is 0. The second kappa shape index (κ2) is 5.62. The van der Waals surface area contributed by atoms with Gasteiger partial charge in [0.15, 0.2) is 0 Å². The minimum absolute atomic E-state index is 0.0444. The standard InChI is InChI=1S/C13H17NO4/c1-13(2,3)18-12(15)11(14(16)17)9-10-7-5-4-6-8-10/h4-8,11H,9H2,1-3H3. The average Bonchev–Trinajstić information content (AvgIpc) is 2.24. The van der Waals surface area contributed by atoms with E-state index in [1.165, 1.54) is 0 Å². The molecule has 0 aliphatic rings. The number of benzene rings is 1. The van der Waals surface area contributed by atoms with Crippen molar-refractivity contribution in [1.82, 2.24) is 0 Å². The van der Waals surface area contributed by atoms with Crippen molar-refractivity contribution in [2.45, 2.75) is 38.8 Å². The summed E-state index contributed by atoms with van der Waals surface area (Å²) in [6, 6.07) is 7.52. The van der Waals surface area contributed by atoms with Crippen LogP contribution >= 0.6 is 0 Å². The predicted octanol–water partition coefficient (Wildman–Crippen LogP) is 2.22.